The molecule has 5 nitrogen and oxygen atoms in total. The molecule has 1 fully saturated rings. The van der Waals surface area contributed by atoms with Crippen molar-refractivity contribution in [3.8, 4) is 0 Å². The second-order valence-electron chi connectivity index (χ2n) is 8.62. The standard InChI is InChI=1S/C25H29FO5S/c1-13-3-4-16(25-24(30)23(29)22(28)19(12-27)31-25)11-18(13)14(2)20-9-10-21(32-20)15-5-7-17(26)8-6-15/h3-8,10-11,14,19-20,22-25,27-30H,9,12H2,1-2H3/t14?,19-,20?,22-,23+,24-,25+/m1/s1. The topological polar surface area (TPSA) is 90.2 Å². The predicted molar refractivity (Wildman–Crippen MR) is 123 cm³/mol. The average Bonchev–Trinajstić information content (AvgIpc) is 3.29. The zero-order valence-corrected chi connectivity index (χ0v) is 18.9. The van der Waals surface area contributed by atoms with E-state index in [0.717, 1.165) is 28.0 Å². The van der Waals surface area contributed by atoms with E-state index in [0.29, 0.717) is 10.8 Å². The number of thioether (sulfide) groups is 1. The molecule has 172 valence electrons. The van der Waals surface area contributed by atoms with Gasteiger partial charge in [-0.3, -0.25) is 0 Å². The molecule has 4 N–H and O–H groups in total. The summed E-state index contributed by atoms with van der Waals surface area (Å²) in [4.78, 5) is 1.14. The zero-order chi connectivity index (χ0) is 23.0. The highest BCUT2D eigenvalue weighted by Crippen LogP contribution is 2.46. The molecule has 1 saturated heterocycles. The van der Waals surface area contributed by atoms with Gasteiger partial charge in [0, 0.05) is 10.2 Å². The zero-order valence-electron chi connectivity index (χ0n) is 18.1. The van der Waals surface area contributed by atoms with Crippen molar-refractivity contribution in [2.45, 2.75) is 62.0 Å². The largest absolute Gasteiger partial charge is 0.394 e. The van der Waals surface area contributed by atoms with Gasteiger partial charge in [0.05, 0.1) is 6.61 Å². The van der Waals surface area contributed by atoms with Crippen molar-refractivity contribution in [1.82, 2.24) is 0 Å². The summed E-state index contributed by atoms with van der Waals surface area (Å²) in [5, 5.41) is 40.5. The Bertz CT molecular complexity index is 977. The van der Waals surface area contributed by atoms with E-state index in [1.54, 1.807) is 23.9 Å². The van der Waals surface area contributed by atoms with Crippen LogP contribution in [-0.4, -0.2) is 56.7 Å². The Morgan fingerprint density at radius 2 is 1.78 bits per heavy atom. The summed E-state index contributed by atoms with van der Waals surface area (Å²) >= 11 is 1.78. The second-order valence-corrected chi connectivity index (χ2v) is 9.90. The van der Waals surface area contributed by atoms with E-state index in [1.165, 1.54) is 12.1 Å². The minimum atomic E-state index is -1.40. The van der Waals surface area contributed by atoms with Crippen LogP contribution in [0.15, 0.2) is 48.5 Å². The van der Waals surface area contributed by atoms with E-state index < -0.39 is 37.1 Å². The monoisotopic (exact) mass is 460 g/mol. The first-order valence-electron chi connectivity index (χ1n) is 10.8. The highest BCUT2D eigenvalue weighted by molar-refractivity contribution is 8.09. The molecule has 2 aliphatic heterocycles. The Morgan fingerprint density at radius 3 is 2.47 bits per heavy atom. The lowest BCUT2D eigenvalue weighted by atomic mass is 9.86. The first kappa shape index (κ1) is 23.4. The van der Waals surface area contributed by atoms with Crippen LogP contribution >= 0.6 is 11.8 Å². The SMILES string of the molecule is Cc1ccc([C@@H]2O[C@H](CO)[C@@H](O)[C@H](O)[C@H]2O)cc1C(C)C1CC=C(c2ccc(F)cc2)S1. The molecule has 2 aliphatic rings. The quantitative estimate of drug-likeness (QED) is 0.548. The first-order chi connectivity index (χ1) is 15.3. The predicted octanol–water partition coefficient (Wildman–Crippen LogP) is 3.30. The van der Waals surface area contributed by atoms with E-state index in [1.807, 2.05) is 25.1 Å². The summed E-state index contributed by atoms with van der Waals surface area (Å²) in [6, 6.07) is 12.4. The third-order valence-corrected chi connectivity index (χ3v) is 8.07. The fourth-order valence-corrected chi connectivity index (χ4v) is 5.83. The normalized spacial score (nSPS) is 31.4. The van der Waals surface area contributed by atoms with Crippen LogP contribution in [0.2, 0.25) is 0 Å². The van der Waals surface area contributed by atoms with Crippen molar-refractivity contribution in [3.63, 3.8) is 0 Å². The molecule has 2 unspecified atom stereocenters. The molecule has 0 aliphatic carbocycles. The van der Waals surface area contributed by atoms with Crippen molar-refractivity contribution >= 4 is 16.7 Å². The number of hydrogen-bond donors (Lipinski definition) is 4. The van der Waals surface area contributed by atoms with E-state index in [4.69, 9.17) is 4.74 Å². The van der Waals surface area contributed by atoms with Gasteiger partial charge in [-0.05, 0) is 53.6 Å². The Balaban J connectivity index is 1.53. The van der Waals surface area contributed by atoms with Gasteiger partial charge in [0.2, 0.25) is 0 Å². The summed E-state index contributed by atoms with van der Waals surface area (Å²) in [5.41, 5.74) is 3.94. The molecule has 2 heterocycles. The van der Waals surface area contributed by atoms with Crippen LogP contribution in [0.3, 0.4) is 0 Å². The fraction of sp³-hybridized carbons (Fsp3) is 0.440. The molecule has 2 aromatic rings. The van der Waals surface area contributed by atoms with Crippen LogP contribution < -0.4 is 0 Å². The van der Waals surface area contributed by atoms with Crippen LogP contribution in [0.1, 0.15) is 47.6 Å². The van der Waals surface area contributed by atoms with Crippen LogP contribution in [0.4, 0.5) is 4.39 Å². The van der Waals surface area contributed by atoms with Gasteiger partial charge in [-0.15, -0.1) is 11.8 Å². The third kappa shape index (κ3) is 4.51. The maximum atomic E-state index is 13.3. The fourth-order valence-electron chi connectivity index (χ4n) is 4.49. The van der Waals surface area contributed by atoms with Gasteiger partial charge in [0.1, 0.15) is 36.3 Å². The molecular formula is C25H29FO5S. The van der Waals surface area contributed by atoms with Crippen molar-refractivity contribution in [2.24, 2.45) is 0 Å². The summed E-state index contributed by atoms with van der Waals surface area (Å²) in [7, 11) is 0. The lowest BCUT2D eigenvalue weighted by Gasteiger charge is -2.40. The number of hydrogen-bond acceptors (Lipinski definition) is 6. The molecule has 0 bridgehead atoms. The van der Waals surface area contributed by atoms with Gasteiger partial charge >= 0.3 is 0 Å². The van der Waals surface area contributed by atoms with Gasteiger partial charge in [0.15, 0.2) is 0 Å². The highest BCUT2D eigenvalue weighted by Gasteiger charge is 2.44. The number of allylic oxidation sites excluding steroid dienone is 1. The van der Waals surface area contributed by atoms with Crippen molar-refractivity contribution in [2.75, 3.05) is 6.61 Å². The van der Waals surface area contributed by atoms with Gasteiger partial charge < -0.3 is 25.2 Å². The van der Waals surface area contributed by atoms with Crippen LogP contribution in [-0.2, 0) is 4.74 Å². The molecule has 0 spiro atoms. The lowest BCUT2D eigenvalue weighted by Crippen LogP contribution is -2.55. The minimum absolute atomic E-state index is 0.194. The first-order valence-corrected chi connectivity index (χ1v) is 11.7. The number of aryl methyl sites for hydroxylation is 1. The third-order valence-electron chi connectivity index (χ3n) is 6.51. The van der Waals surface area contributed by atoms with E-state index in [9.17, 15) is 24.8 Å². The Kier molecular flexibility index (Phi) is 7.05. The number of ether oxygens (including phenoxy) is 1. The second kappa shape index (κ2) is 9.63. The summed E-state index contributed by atoms with van der Waals surface area (Å²) in [5.74, 6) is -0.0538. The Morgan fingerprint density at radius 1 is 1.06 bits per heavy atom. The van der Waals surface area contributed by atoms with E-state index in [-0.39, 0.29) is 11.7 Å². The van der Waals surface area contributed by atoms with E-state index >= 15 is 0 Å². The van der Waals surface area contributed by atoms with Gasteiger partial charge in [-0.1, -0.05) is 43.3 Å². The molecule has 7 heteroatoms. The lowest BCUT2D eigenvalue weighted by molar-refractivity contribution is -0.231. The number of rotatable bonds is 5. The van der Waals surface area contributed by atoms with Crippen molar-refractivity contribution in [1.29, 1.82) is 0 Å². The summed E-state index contributed by atoms with van der Waals surface area (Å²) in [6.45, 7) is 3.75. The highest BCUT2D eigenvalue weighted by atomic mass is 32.2. The molecule has 0 radical (unpaired) electrons. The van der Waals surface area contributed by atoms with Crippen LogP contribution in [0.5, 0.6) is 0 Å². The molecule has 4 rings (SSSR count). The molecule has 0 saturated carbocycles. The number of halogens is 1. The molecule has 0 aromatic heterocycles. The molecule has 0 amide bonds. The maximum Gasteiger partial charge on any atom is 0.123 e. The van der Waals surface area contributed by atoms with Gasteiger partial charge in [0.25, 0.3) is 0 Å². The van der Waals surface area contributed by atoms with Crippen LogP contribution in [0, 0.1) is 12.7 Å². The van der Waals surface area contributed by atoms with E-state index in [2.05, 4.69) is 13.0 Å². The van der Waals surface area contributed by atoms with Crippen molar-refractivity contribution < 1.29 is 29.6 Å². The molecule has 32 heavy (non-hydrogen) atoms. The molecule has 2 aromatic carbocycles. The smallest absolute Gasteiger partial charge is 0.123 e. The summed E-state index contributed by atoms with van der Waals surface area (Å²) < 4.78 is 19.0. The summed E-state index contributed by atoms with van der Waals surface area (Å²) in [6.07, 6.45) is -2.78. The van der Waals surface area contributed by atoms with Crippen LogP contribution in [0.25, 0.3) is 4.91 Å². The minimum Gasteiger partial charge on any atom is -0.394 e. The molecular weight excluding hydrogens is 431 g/mol. The molecule has 7 atom stereocenters. The average molecular weight is 461 g/mol. The maximum absolute atomic E-state index is 13.3. The number of aliphatic hydroxyl groups is 4. The number of benzene rings is 2. The Hall–Kier alpha value is -1.74. The van der Waals surface area contributed by atoms with Crippen molar-refractivity contribution in [3.05, 3.63) is 76.6 Å². The Labute approximate surface area is 191 Å². The number of aliphatic hydroxyl groups excluding tert-OH is 4. The van der Waals surface area contributed by atoms with Gasteiger partial charge in [-0.25, -0.2) is 4.39 Å². The van der Waals surface area contributed by atoms with Gasteiger partial charge in [-0.2, -0.15) is 0 Å².